The average Bonchev–Trinajstić information content (AvgIpc) is 2.68. The highest BCUT2D eigenvalue weighted by Crippen LogP contribution is 2.31. The highest BCUT2D eigenvalue weighted by molar-refractivity contribution is 9.10. The van der Waals surface area contributed by atoms with E-state index in [-0.39, 0.29) is 12.2 Å². The Labute approximate surface area is 179 Å². The number of hydrogen-bond acceptors (Lipinski definition) is 5. The molecule has 0 radical (unpaired) electrons. The highest BCUT2D eigenvalue weighted by atomic mass is 79.9. The Morgan fingerprint density at radius 1 is 1.20 bits per heavy atom. The zero-order chi connectivity index (χ0) is 21.8. The molecule has 0 saturated heterocycles. The van der Waals surface area contributed by atoms with Gasteiger partial charge in [-0.3, -0.25) is 4.79 Å². The summed E-state index contributed by atoms with van der Waals surface area (Å²) in [6.45, 7) is 3.10. The van der Waals surface area contributed by atoms with Crippen molar-refractivity contribution in [1.29, 1.82) is 0 Å². The number of nitrogens with zero attached hydrogens (tertiary/aromatic N) is 2. The molecule has 30 heavy (non-hydrogen) atoms. The quantitative estimate of drug-likeness (QED) is 0.435. The monoisotopic (exact) mass is 481 g/mol. The summed E-state index contributed by atoms with van der Waals surface area (Å²) < 4.78 is 46.4. The third kappa shape index (κ3) is 5.08. The van der Waals surface area contributed by atoms with E-state index in [1.165, 1.54) is 19.1 Å². The van der Waals surface area contributed by atoms with Gasteiger partial charge in [0.1, 0.15) is 17.5 Å². The lowest BCUT2D eigenvalue weighted by atomic mass is 10.0. The van der Waals surface area contributed by atoms with E-state index in [2.05, 4.69) is 31.2 Å². The van der Waals surface area contributed by atoms with Crippen LogP contribution >= 0.6 is 15.9 Å². The third-order valence-corrected chi connectivity index (χ3v) is 4.94. The Kier molecular flexibility index (Phi) is 6.91. The maximum Gasteiger partial charge on any atom is 0.302 e. The number of fused-ring (bicyclic) bond motifs is 1. The van der Waals surface area contributed by atoms with Crippen molar-refractivity contribution < 1.29 is 22.7 Å². The SMILES string of the molecule is CC(=O)OCCc1nc(N[C@H](C)c2cccc(C(F)F)c2F)c2cc(Br)ccc2n1. The van der Waals surface area contributed by atoms with Gasteiger partial charge in [-0.1, -0.05) is 34.1 Å². The number of nitrogens with one attached hydrogen (secondary N) is 1. The molecule has 0 saturated carbocycles. The first-order valence-corrected chi connectivity index (χ1v) is 9.98. The number of aromatic nitrogens is 2. The molecule has 1 atom stereocenters. The number of carbonyl (C=O) groups is 1. The van der Waals surface area contributed by atoms with E-state index < -0.39 is 29.8 Å². The summed E-state index contributed by atoms with van der Waals surface area (Å²) in [6, 6.07) is 8.72. The molecule has 3 rings (SSSR count). The van der Waals surface area contributed by atoms with Gasteiger partial charge in [0.2, 0.25) is 0 Å². The van der Waals surface area contributed by atoms with Crippen molar-refractivity contribution in [2.75, 3.05) is 11.9 Å². The predicted molar refractivity (Wildman–Crippen MR) is 111 cm³/mol. The molecule has 1 aromatic heterocycles. The standard InChI is InChI=1S/C21H19BrF3N3O2/c1-11(14-4-3-5-15(19(14)23)20(24)25)26-21-16-10-13(22)6-7-17(16)27-18(28-21)8-9-30-12(2)29/h3-7,10-11,20H,8-9H2,1-2H3,(H,26,27,28)/t11-/m1/s1. The molecule has 0 aliphatic rings. The van der Waals surface area contributed by atoms with E-state index in [0.29, 0.717) is 29.0 Å². The van der Waals surface area contributed by atoms with Crippen LogP contribution in [-0.2, 0) is 16.0 Å². The summed E-state index contributed by atoms with van der Waals surface area (Å²) in [6.07, 6.45) is -2.61. The fraction of sp³-hybridized carbons (Fsp3) is 0.286. The van der Waals surface area contributed by atoms with Crippen molar-refractivity contribution >= 4 is 38.6 Å². The molecule has 2 aromatic carbocycles. The fourth-order valence-corrected chi connectivity index (χ4v) is 3.37. The zero-order valence-corrected chi connectivity index (χ0v) is 17.8. The lowest BCUT2D eigenvalue weighted by Crippen LogP contribution is -2.13. The molecule has 0 aliphatic heterocycles. The van der Waals surface area contributed by atoms with E-state index in [0.717, 1.165) is 10.5 Å². The van der Waals surface area contributed by atoms with Gasteiger partial charge in [0, 0.05) is 28.8 Å². The second kappa shape index (κ2) is 9.42. The normalized spacial score (nSPS) is 12.2. The molecule has 0 spiro atoms. The summed E-state index contributed by atoms with van der Waals surface area (Å²) >= 11 is 3.41. The summed E-state index contributed by atoms with van der Waals surface area (Å²) in [5.74, 6) is -0.487. The van der Waals surface area contributed by atoms with Gasteiger partial charge in [0.25, 0.3) is 6.43 Å². The molecular weight excluding hydrogens is 463 g/mol. The summed E-state index contributed by atoms with van der Waals surface area (Å²) in [7, 11) is 0. The van der Waals surface area contributed by atoms with Crippen LogP contribution < -0.4 is 5.32 Å². The molecule has 0 amide bonds. The second-order valence-electron chi connectivity index (χ2n) is 6.66. The van der Waals surface area contributed by atoms with E-state index in [4.69, 9.17) is 4.74 Å². The number of benzene rings is 2. The Balaban J connectivity index is 1.96. The molecule has 0 bridgehead atoms. The van der Waals surface area contributed by atoms with Gasteiger partial charge < -0.3 is 10.1 Å². The average molecular weight is 482 g/mol. The van der Waals surface area contributed by atoms with E-state index in [1.54, 1.807) is 13.0 Å². The minimum Gasteiger partial charge on any atom is -0.465 e. The van der Waals surface area contributed by atoms with E-state index >= 15 is 0 Å². The zero-order valence-electron chi connectivity index (χ0n) is 16.3. The minimum absolute atomic E-state index is 0.107. The second-order valence-corrected chi connectivity index (χ2v) is 7.57. The smallest absolute Gasteiger partial charge is 0.302 e. The third-order valence-electron chi connectivity index (χ3n) is 4.45. The maximum absolute atomic E-state index is 14.6. The number of alkyl halides is 2. The Hall–Kier alpha value is -2.68. The van der Waals surface area contributed by atoms with Crippen LogP contribution in [0.5, 0.6) is 0 Å². The van der Waals surface area contributed by atoms with Gasteiger partial charge in [-0.15, -0.1) is 0 Å². The Bertz CT molecular complexity index is 1080. The molecule has 0 unspecified atom stereocenters. The maximum atomic E-state index is 14.6. The predicted octanol–water partition coefficient (Wildman–Crippen LogP) is 5.75. The molecule has 0 fully saturated rings. The van der Waals surface area contributed by atoms with E-state index in [1.807, 2.05) is 12.1 Å². The molecule has 9 heteroatoms. The van der Waals surface area contributed by atoms with Crippen LogP contribution in [0, 0.1) is 5.82 Å². The van der Waals surface area contributed by atoms with Crippen molar-refractivity contribution in [3.8, 4) is 0 Å². The van der Waals surface area contributed by atoms with Crippen molar-refractivity contribution in [3.63, 3.8) is 0 Å². The number of carbonyl (C=O) groups excluding carboxylic acids is 1. The first kappa shape index (κ1) is 22.0. The van der Waals surface area contributed by atoms with Crippen LogP contribution in [0.4, 0.5) is 19.0 Å². The lowest BCUT2D eigenvalue weighted by Gasteiger charge is -2.19. The van der Waals surface area contributed by atoms with Crippen LogP contribution in [0.3, 0.4) is 0 Å². The first-order valence-electron chi connectivity index (χ1n) is 9.18. The van der Waals surface area contributed by atoms with E-state index in [9.17, 15) is 18.0 Å². The molecule has 1 N–H and O–H groups in total. The van der Waals surface area contributed by atoms with Crippen molar-refractivity contribution in [2.24, 2.45) is 0 Å². The molecule has 158 valence electrons. The van der Waals surface area contributed by atoms with Crippen LogP contribution in [0.15, 0.2) is 40.9 Å². The number of ether oxygens (including phenoxy) is 1. The van der Waals surface area contributed by atoms with Gasteiger partial charge in [-0.25, -0.2) is 23.1 Å². The van der Waals surface area contributed by atoms with Crippen molar-refractivity contribution in [1.82, 2.24) is 9.97 Å². The molecule has 1 heterocycles. The highest BCUT2D eigenvalue weighted by Gasteiger charge is 2.20. The number of hydrogen-bond donors (Lipinski definition) is 1. The van der Waals surface area contributed by atoms with Crippen molar-refractivity contribution in [3.05, 3.63) is 63.6 Å². The van der Waals surface area contributed by atoms with Gasteiger partial charge in [0.15, 0.2) is 0 Å². The van der Waals surface area contributed by atoms with Crippen LogP contribution in [0.25, 0.3) is 10.9 Å². The number of rotatable bonds is 7. The summed E-state index contributed by atoms with van der Waals surface area (Å²) in [4.78, 5) is 19.9. The van der Waals surface area contributed by atoms with Crippen LogP contribution in [-0.4, -0.2) is 22.5 Å². The Morgan fingerprint density at radius 2 is 1.93 bits per heavy atom. The molecular formula is C21H19BrF3N3O2. The molecule has 3 aromatic rings. The number of halogens is 4. The lowest BCUT2D eigenvalue weighted by molar-refractivity contribution is -0.140. The number of esters is 1. The minimum atomic E-state index is -2.90. The first-order chi connectivity index (χ1) is 14.3. The van der Waals surface area contributed by atoms with Gasteiger partial charge >= 0.3 is 5.97 Å². The van der Waals surface area contributed by atoms with Gasteiger partial charge in [-0.2, -0.15) is 0 Å². The number of anilines is 1. The van der Waals surface area contributed by atoms with Crippen molar-refractivity contribution in [2.45, 2.75) is 32.7 Å². The van der Waals surface area contributed by atoms with Gasteiger partial charge in [-0.05, 0) is 25.1 Å². The molecule has 0 aliphatic carbocycles. The Morgan fingerprint density at radius 3 is 2.63 bits per heavy atom. The van der Waals surface area contributed by atoms with Crippen LogP contribution in [0.1, 0.15) is 43.3 Å². The summed E-state index contributed by atoms with van der Waals surface area (Å²) in [5, 5.41) is 3.79. The van der Waals surface area contributed by atoms with Crippen LogP contribution in [0.2, 0.25) is 0 Å². The fourth-order valence-electron chi connectivity index (χ4n) is 3.01. The van der Waals surface area contributed by atoms with Gasteiger partial charge in [0.05, 0.1) is 23.7 Å². The topological polar surface area (TPSA) is 64.1 Å². The molecule has 5 nitrogen and oxygen atoms in total. The largest absolute Gasteiger partial charge is 0.465 e. The summed E-state index contributed by atoms with van der Waals surface area (Å²) in [5.41, 5.74) is 0.108.